The normalized spacial score (nSPS) is 19.9. The van der Waals surface area contributed by atoms with Crippen LogP contribution in [0.25, 0.3) is 0 Å². The lowest BCUT2D eigenvalue weighted by Crippen LogP contribution is -2.42. The number of rotatable bonds is 8. The van der Waals surface area contributed by atoms with Crippen LogP contribution in [0.5, 0.6) is 0 Å². The predicted octanol–water partition coefficient (Wildman–Crippen LogP) is 3.18. The Balaban J connectivity index is 2.37. The number of carbonyl (C=O) groups is 1. The van der Waals surface area contributed by atoms with Gasteiger partial charge in [0.1, 0.15) is 0 Å². The molecule has 0 aromatic carbocycles. The summed E-state index contributed by atoms with van der Waals surface area (Å²) in [6.45, 7) is 5.81. The van der Waals surface area contributed by atoms with Gasteiger partial charge in [-0.05, 0) is 43.9 Å². The highest BCUT2D eigenvalue weighted by Crippen LogP contribution is 2.37. The van der Waals surface area contributed by atoms with Crippen LogP contribution in [-0.4, -0.2) is 30.0 Å². The predicted molar refractivity (Wildman–Crippen MR) is 89.0 cm³/mol. The number of amides is 1. The first-order valence-corrected chi connectivity index (χ1v) is 9.25. The Labute approximate surface area is 128 Å². The highest BCUT2D eigenvalue weighted by molar-refractivity contribution is 8.00. The van der Waals surface area contributed by atoms with Gasteiger partial charge in [-0.1, -0.05) is 33.1 Å². The summed E-state index contributed by atoms with van der Waals surface area (Å²) < 4.78 is 0.282. The van der Waals surface area contributed by atoms with Gasteiger partial charge in [0.15, 0.2) is 0 Å². The van der Waals surface area contributed by atoms with Gasteiger partial charge in [-0.15, -0.1) is 0 Å². The van der Waals surface area contributed by atoms with E-state index < -0.39 is 0 Å². The molecular formula is C16H32N2OS. The first kappa shape index (κ1) is 17.8. The van der Waals surface area contributed by atoms with E-state index in [1.807, 2.05) is 11.8 Å². The van der Waals surface area contributed by atoms with Gasteiger partial charge < -0.3 is 11.1 Å². The topological polar surface area (TPSA) is 55.1 Å². The summed E-state index contributed by atoms with van der Waals surface area (Å²) in [5, 5.41) is 3.17. The first-order chi connectivity index (χ1) is 9.51. The van der Waals surface area contributed by atoms with Crippen molar-refractivity contribution >= 4 is 17.7 Å². The molecule has 0 radical (unpaired) electrons. The van der Waals surface area contributed by atoms with Crippen molar-refractivity contribution in [3.05, 3.63) is 0 Å². The van der Waals surface area contributed by atoms with E-state index in [0.717, 1.165) is 13.0 Å². The maximum atomic E-state index is 12.1. The summed E-state index contributed by atoms with van der Waals surface area (Å²) in [6.07, 6.45) is 10.2. The van der Waals surface area contributed by atoms with Gasteiger partial charge in [0.25, 0.3) is 0 Å². The van der Waals surface area contributed by atoms with Crippen molar-refractivity contribution in [1.29, 1.82) is 0 Å². The molecule has 118 valence electrons. The van der Waals surface area contributed by atoms with E-state index in [0.29, 0.717) is 24.8 Å². The van der Waals surface area contributed by atoms with Crippen molar-refractivity contribution in [2.24, 2.45) is 17.6 Å². The average Bonchev–Trinajstić information content (AvgIpc) is 2.45. The quantitative estimate of drug-likeness (QED) is 0.724. The second kappa shape index (κ2) is 8.93. The number of hydrogen-bond acceptors (Lipinski definition) is 3. The third kappa shape index (κ3) is 6.04. The maximum Gasteiger partial charge on any atom is 0.220 e. The molecule has 4 heteroatoms. The molecule has 0 bridgehead atoms. The lowest BCUT2D eigenvalue weighted by Gasteiger charge is -2.36. The summed E-state index contributed by atoms with van der Waals surface area (Å²) in [5.74, 6) is 1.11. The number of thioether (sulfide) groups is 1. The first-order valence-electron chi connectivity index (χ1n) is 8.03. The van der Waals surface area contributed by atoms with E-state index in [-0.39, 0.29) is 10.7 Å². The number of nitrogens with two attached hydrogens (primary N) is 1. The minimum atomic E-state index is 0.181. The molecule has 1 rings (SSSR count). The summed E-state index contributed by atoms with van der Waals surface area (Å²) in [4.78, 5) is 12.1. The Morgan fingerprint density at radius 1 is 1.30 bits per heavy atom. The average molecular weight is 301 g/mol. The van der Waals surface area contributed by atoms with E-state index in [1.54, 1.807) is 0 Å². The largest absolute Gasteiger partial charge is 0.355 e. The molecule has 1 amide bonds. The zero-order valence-corrected chi connectivity index (χ0v) is 14.2. The molecule has 0 heterocycles. The van der Waals surface area contributed by atoms with Crippen molar-refractivity contribution in [3.8, 4) is 0 Å². The monoisotopic (exact) mass is 300 g/mol. The van der Waals surface area contributed by atoms with Crippen molar-refractivity contribution in [3.63, 3.8) is 0 Å². The van der Waals surface area contributed by atoms with Crippen LogP contribution in [0.2, 0.25) is 0 Å². The van der Waals surface area contributed by atoms with E-state index in [2.05, 4.69) is 25.4 Å². The van der Waals surface area contributed by atoms with Crippen LogP contribution >= 0.6 is 11.8 Å². The Morgan fingerprint density at radius 2 is 1.95 bits per heavy atom. The molecule has 1 aliphatic carbocycles. The molecule has 1 unspecified atom stereocenters. The lowest BCUT2D eigenvalue weighted by molar-refractivity contribution is -0.122. The number of hydrogen-bond donors (Lipinski definition) is 2. The van der Waals surface area contributed by atoms with Crippen molar-refractivity contribution in [2.75, 3.05) is 19.3 Å². The fourth-order valence-electron chi connectivity index (χ4n) is 3.17. The fraction of sp³-hybridized carbons (Fsp3) is 0.938. The van der Waals surface area contributed by atoms with Gasteiger partial charge in [0.2, 0.25) is 5.91 Å². The minimum Gasteiger partial charge on any atom is -0.355 e. The summed E-state index contributed by atoms with van der Waals surface area (Å²) >= 11 is 1.93. The second-order valence-electron chi connectivity index (χ2n) is 6.66. The molecule has 1 fully saturated rings. The highest BCUT2D eigenvalue weighted by atomic mass is 32.2. The molecule has 3 N–H and O–H groups in total. The van der Waals surface area contributed by atoms with Gasteiger partial charge in [0.05, 0.1) is 0 Å². The third-order valence-electron chi connectivity index (χ3n) is 4.42. The van der Waals surface area contributed by atoms with Crippen LogP contribution in [0.1, 0.15) is 58.8 Å². The maximum absolute atomic E-state index is 12.1. The van der Waals surface area contributed by atoms with E-state index in [4.69, 9.17) is 5.73 Å². The summed E-state index contributed by atoms with van der Waals surface area (Å²) in [7, 11) is 0. The number of nitrogens with one attached hydrogen (secondary N) is 1. The van der Waals surface area contributed by atoms with Crippen molar-refractivity contribution < 1.29 is 4.79 Å². The molecule has 0 spiro atoms. The fourth-order valence-corrected chi connectivity index (χ4v) is 4.09. The smallest absolute Gasteiger partial charge is 0.220 e. The molecule has 1 aliphatic rings. The van der Waals surface area contributed by atoms with Gasteiger partial charge in [-0.2, -0.15) is 11.8 Å². The number of carbonyl (C=O) groups excluding carboxylic acids is 1. The lowest BCUT2D eigenvalue weighted by atomic mass is 9.88. The van der Waals surface area contributed by atoms with Crippen LogP contribution in [0.3, 0.4) is 0 Å². The molecule has 1 atom stereocenters. The van der Waals surface area contributed by atoms with E-state index in [1.165, 1.54) is 32.1 Å². The van der Waals surface area contributed by atoms with Crippen LogP contribution in [-0.2, 0) is 4.79 Å². The van der Waals surface area contributed by atoms with E-state index >= 15 is 0 Å². The summed E-state index contributed by atoms with van der Waals surface area (Å²) in [5.41, 5.74) is 5.78. The third-order valence-corrected chi connectivity index (χ3v) is 5.84. The minimum absolute atomic E-state index is 0.181. The van der Waals surface area contributed by atoms with Crippen LogP contribution < -0.4 is 11.1 Å². The Morgan fingerprint density at radius 3 is 2.45 bits per heavy atom. The SMILES string of the molecule is CSC1(CNC(=O)CC(CN)CC(C)C)CCCCC1. The molecule has 0 aliphatic heterocycles. The standard InChI is InChI=1S/C16H32N2OS/c1-13(2)9-14(11-17)10-15(19)18-12-16(20-3)7-5-4-6-8-16/h13-14H,4-12,17H2,1-3H3,(H,18,19). The highest BCUT2D eigenvalue weighted by Gasteiger charge is 2.31. The molecule has 0 aromatic rings. The molecular weight excluding hydrogens is 268 g/mol. The van der Waals surface area contributed by atoms with Crippen LogP contribution in [0.15, 0.2) is 0 Å². The van der Waals surface area contributed by atoms with E-state index in [9.17, 15) is 4.79 Å². The van der Waals surface area contributed by atoms with Gasteiger partial charge in [0, 0.05) is 17.7 Å². The molecule has 0 saturated heterocycles. The Kier molecular flexibility index (Phi) is 7.96. The van der Waals surface area contributed by atoms with Gasteiger partial charge >= 0.3 is 0 Å². The zero-order chi connectivity index (χ0) is 15.0. The Hall–Kier alpha value is -0.220. The van der Waals surface area contributed by atoms with Crippen molar-refractivity contribution in [1.82, 2.24) is 5.32 Å². The molecule has 1 saturated carbocycles. The van der Waals surface area contributed by atoms with Gasteiger partial charge in [-0.3, -0.25) is 4.79 Å². The molecule has 3 nitrogen and oxygen atoms in total. The molecule has 20 heavy (non-hydrogen) atoms. The van der Waals surface area contributed by atoms with Gasteiger partial charge in [-0.25, -0.2) is 0 Å². The second-order valence-corrected chi connectivity index (χ2v) is 7.93. The van der Waals surface area contributed by atoms with Crippen LogP contribution in [0, 0.1) is 11.8 Å². The zero-order valence-electron chi connectivity index (χ0n) is 13.4. The van der Waals surface area contributed by atoms with Crippen molar-refractivity contribution in [2.45, 2.75) is 63.5 Å². The Bertz CT molecular complexity index is 288. The van der Waals surface area contributed by atoms with Crippen LogP contribution in [0.4, 0.5) is 0 Å². The molecule has 0 aromatic heterocycles. The summed E-state index contributed by atoms with van der Waals surface area (Å²) in [6, 6.07) is 0.